The van der Waals surface area contributed by atoms with Crippen molar-refractivity contribution >= 4 is 5.78 Å². The zero-order chi connectivity index (χ0) is 26.1. The molecule has 1 fully saturated rings. The van der Waals surface area contributed by atoms with Crippen LogP contribution in [0, 0.1) is 13.8 Å². The molecule has 3 aromatic rings. The summed E-state index contributed by atoms with van der Waals surface area (Å²) in [7, 11) is 0. The molecule has 2 aliphatic rings. The molecule has 0 amide bonds. The molecule has 0 bridgehead atoms. The second-order valence-electron chi connectivity index (χ2n) is 9.90. The lowest BCUT2D eigenvalue weighted by atomic mass is 9.90. The normalized spacial score (nSPS) is 25.0. The number of para-hydroxylation sites is 1. The van der Waals surface area contributed by atoms with Gasteiger partial charge in [-0.1, -0.05) is 48.5 Å². The van der Waals surface area contributed by atoms with E-state index < -0.39 is 36.8 Å². The lowest BCUT2D eigenvalue weighted by Crippen LogP contribution is -2.53. The first-order chi connectivity index (χ1) is 17.8. The molecule has 2 heterocycles. The summed E-state index contributed by atoms with van der Waals surface area (Å²) in [6, 6.07) is 19.7. The summed E-state index contributed by atoms with van der Waals surface area (Å²) in [6.07, 6.45) is -3.64. The minimum atomic E-state index is -1.60. The average molecular weight is 505 g/mol. The summed E-state index contributed by atoms with van der Waals surface area (Å²) in [5.41, 5.74) is 6.09. The van der Waals surface area contributed by atoms with Crippen LogP contribution in [0.5, 0.6) is 11.5 Å². The predicted molar refractivity (Wildman–Crippen MR) is 137 cm³/mol. The Morgan fingerprint density at radius 2 is 1.78 bits per heavy atom. The van der Waals surface area contributed by atoms with Gasteiger partial charge in [0, 0.05) is 6.42 Å². The van der Waals surface area contributed by atoms with E-state index in [-0.39, 0.29) is 6.10 Å². The Morgan fingerprint density at radius 3 is 2.51 bits per heavy atom. The van der Waals surface area contributed by atoms with E-state index in [1.165, 1.54) is 5.56 Å². The van der Waals surface area contributed by atoms with Gasteiger partial charge in [0.25, 0.3) is 0 Å². The third kappa shape index (κ3) is 5.26. The highest BCUT2D eigenvalue weighted by molar-refractivity contribution is 5.89. The fraction of sp³-hybridized carbons (Fsp3) is 0.367. The minimum absolute atomic E-state index is 0.00376. The molecule has 1 unspecified atom stereocenters. The van der Waals surface area contributed by atoms with Crippen molar-refractivity contribution in [1.29, 1.82) is 0 Å². The standard InChI is InChI=1S/C30H32O7/c1-17-6-9-21(30-28(34)27(33)26(32)25(15-31)37-30)13-22(17)12-19-7-10-23(11-8-19)35-16-24-14-20-5-3-4-18(2)29(20)36-24/h3-11,13,24-27,30-33H,12,14-16H2,1-2H3/t24?,25-,26-,27+,30+/m1/s1. The van der Waals surface area contributed by atoms with Gasteiger partial charge in [-0.3, -0.25) is 4.79 Å². The molecule has 194 valence electrons. The fourth-order valence-electron chi connectivity index (χ4n) is 4.99. The average Bonchev–Trinajstić information content (AvgIpc) is 3.33. The van der Waals surface area contributed by atoms with Gasteiger partial charge < -0.3 is 29.5 Å². The molecular formula is C30H32O7. The van der Waals surface area contributed by atoms with Crippen LogP contribution in [0.1, 0.15) is 39.5 Å². The highest BCUT2D eigenvalue weighted by Gasteiger charge is 2.43. The van der Waals surface area contributed by atoms with E-state index >= 15 is 0 Å². The summed E-state index contributed by atoms with van der Waals surface area (Å²) in [5.74, 6) is 1.13. The SMILES string of the molecule is Cc1ccc([C@@H]2O[C@H](CO)[C@@H](O)[C@H](O)C2=O)cc1Cc1ccc(OCC2Cc3cccc(C)c3O2)cc1. The van der Waals surface area contributed by atoms with Crippen LogP contribution in [-0.4, -0.2) is 58.7 Å². The second-order valence-corrected chi connectivity index (χ2v) is 9.90. The first-order valence-electron chi connectivity index (χ1n) is 12.6. The van der Waals surface area contributed by atoms with Gasteiger partial charge in [0.1, 0.15) is 48.6 Å². The van der Waals surface area contributed by atoms with Crippen molar-refractivity contribution in [3.8, 4) is 11.5 Å². The molecule has 1 saturated heterocycles. The lowest BCUT2D eigenvalue weighted by Gasteiger charge is -2.35. The Balaban J connectivity index is 1.22. The second kappa shape index (κ2) is 10.6. The number of benzene rings is 3. The highest BCUT2D eigenvalue weighted by Crippen LogP contribution is 2.33. The van der Waals surface area contributed by atoms with E-state index in [9.17, 15) is 20.1 Å². The number of carbonyl (C=O) groups is 1. The Kier molecular flexibility index (Phi) is 7.31. The van der Waals surface area contributed by atoms with Gasteiger partial charge in [-0.2, -0.15) is 0 Å². The molecular weight excluding hydrogens is 472 g/mol. The molecule has 0 spiro atoms. The number of Topliss-reactive ketones (excluding diaryl/α,β-unsaturated/α-hetero) is 1. The Morgan fingerprint density at radius 1 is 1.00 bits per heavy atom. The number of ketones is 1. The van der Waals surface area contributed by atoms with Crippen LogP contribution in [0.2, 0.25) is 0 Å². The van der Waals surface area contributed by atoms with Crippen LogP contribution < -0.4 is 9.47 Å². The van der Waals surface area contributed by atoms with E-state index in [2.05, 4.69) is 25.1 Å². The molecule has 2 aliphatic heterocycles. The number of fused-ring (bicyclic) bond motifs is 1. The topological polar surface area (TPSA) is 105 Å². The molecule has 3 N–H and O–H groups in total. The maximum atomic E-state index is 12.6. The van der Waals surface area contributed by atoms with Crippen LogP contribution in [0.15, 0.2) is 60.7 Å². The number of aliphatic hydroxyl groups excluding tert-OH is 3. The largest absolute Gasteiger partial charge is 0.490 e. The molecule has 37 heavy (non-hydrogen) atoms. The van der Waals surface area contributed by atoms with Crippen LogP contribution in [0.4, 0.5) is 0 Å². The zero-order valence-electron chi connectivity index (χ0n) is 21.0. The van der Waals surface area contributed by atoms with Gasteiger partial charge >= 0.3 is 0 Å². The number of ether oxygens (including phenoxy) is 3. The van der Waals surface area contributed by atoms with E-state index in [1.54, 1.807) is 6.07 Å². The molecule has 0 radical (unpaired) electrons. The molecule has 5 rings (SSSR count). The Bertz CT molecular complexity index is 1270. The highest BCUT2D eigenvalue weighted by atomic mass is 16.5. The van der Waals surface area contributed by atoms with Gasteiger partial charge in [0.05, 0.1) is 6.61 Å². The van der Waals surface area contributed by atoms with Gasteiger partial charge in [0.2, 0.25) is 0 Å². The van der Waals surface area contributed by atoms with Gasteiger partial charge in [-0.15, -0.1) is 0 Å². The molecule has 0 aromatic heterocycles. The molecule has 0 aliphatic carbocycles. The molecule has 5 atom stereocenters. The molecule has 0 saturated carbocycles. The van der Waals surface area contributed by atoms with Gasteiger partial charge in [0.15, 0.2) is 5.78 Å². The van der Waals surface area contributed by atoms with Crippen molar-refractivity contribution in [3.05, 3.63) is 94.0 Å². The van der Waals surface area contributed by atoms with Crippen molar-refractivity contribution in [2.24, 2.45) is 0 Å². The van der Waals surface area contributed by atoms with Crippen LogP contribution >= 0.6 is 0 Å². The third-order valence-corrected chi connectivity index (χ3v) is 7.20. The van der Waals surface area contributed by atoms with E-state index in [1.807, 2.05) is 43.3 Å². The summed E-state index contributed by atoms with van der Waals surface area (Å²) in [6.45, 7) is 4.03. The summed E-state index contributed by atoms with van der Waals surface area (Å²) in [5, 5.41) is 29.6. The maximum absolute atomic E-state index is 12.6. The Hall–Kier alpha value is -3.23. The fourth-order valence-corrected chi connectivity index (χ4v) is 4.99. The molecule has 7 heteroatoms. The number of carbonyl (C=O) groups excluding carboxylic acids is 1. The molecule has 7 nitrogen and oxygen atoms in total. The number of aryl methyl sites for hydroxylation is 2. The van der Waals surface area contributed by atoms with Crippen LogP contribution in [-0.2, 0) is 22.4 Å². The van der Waals surface area contributed by atoms with E-state index in [4.69, 9.17) is 14.2 Å². The van der Waals surface area contributed by atoms with Crippen molar-refractivity contribution in [2.75, 3.05) is 13.2 Å². The third-order valence-electron chi connectivity index (χ3n) is 7.20. The first kappa shape index (κ1) is 25.4. The smallest absolute Gasteiger partial charge is 0.197 e. The van der Waals surface area contributed by atoms with Gasteiger partial charge in [-0.05, 0) is 65.8 Å². The number of hydrogen-bond donors (Lipinski definition) is 3. The summed E-state index contributed by atoms with van der Waals surface area (Å²) in [4.78, 5) is 12.6. The number of rotatable bonds is 7. The van der Waals surface area contributed by atoms with E-state index in [0.29, 0.717) is 18.6 Å². The van der Waals surface area contributed by atoms with Gasteiger partial charge in [-0.25, -0.2) is 0 Å². The molecule has 3 aromatic carbocycles. The monoisotopic (exact) mass is 504 g/mol. The summed E-state index contributed by atoms with van der Waals surface area (Å²) >= 11 is 0. The van der Waals surface area contributed by atoms with Crippen molar-refractivity contribution in [2.45, 2.75) is 57.2 Å². The maximum Gasteiger partial charge on any atom is 0.197 e. The summed E-state index contributed by atoms with van der Waals surface area (Å²) < 4.78 is 17.7. The lowest BCUT2D eigenvalue weighted by molar-refractivity contribution is -0.189. The Labute approximate surface area is 216 Å². The zero-order valence-corrected chi connectivity index (χ0v) is 21.0. The van der Waals surface area contributed by atoms with E-state index in [0.717, 1.165) is 40.2 Å². The van der Waals surface area contributed by atoms with Crippen LogP contribution in [0.25, 0.3) is 0 Å². The number of hydrogen-bond acceptors (Lipinski definition) is 7. The quantitative estimate of drug-likeness (QED) is 0.454. The predicted octanol–water partition coefficient (Wildman–Crippen LogP) is 3.00. The van der Waals surface area contributed by atoms with Crippen molar-refractivity contribution < 1.29 is 34.3 Å². The first-order valence-corrected chi connectivity index (χ1v) is 12.6. The van der Waals surface area contributed by atoms with Crippen LogP contribution in [0.3, 0.4) is 0 Å². The number of aliphatic hydroxyl groups is 3. The minimum Gasteiger partial charge on any atom is -0.490 e. The van der Waals surface area contributed by atoms with Crippen molar-refractivity contribution in [3.63, 3.8) is 0 Å². The van der Waals surface area contributed by atoms with Crippen molar-refractivity contribution in [1.82, 2.24) is 0 Å².